The third-order valence-electron chi connectivity index (χ3n) is 5.29. The quantitative estimate of drug-likeness (QED) is 0.758. The number of benzene rings is 2. The lowest BCUT2D eigenvalue weighted by molar-refractivity contribution is -0.152. The van der Waals surface area contributed by atoms with E-state index in [1.165, 1.54) is 18.7 Å². The molecule has 2 aromatic carbocycles. The summed E-state index contributed by atoms with van der Waals surface area (Å²) in [5.74, 6) is -0.696. The van der Waals surface area contributed by atoms with Gasteiger partial charge < -0.3 is 19.8 Å². The number of carbonyl (C=O) groups excluding carboxylic acids is 1. The molecule has 7 heteroatoms. The fourth-order valence-corrected chi connectivity index (χ4v) is 3.53. The number of anilines is 1. The molecule has 0 spiro atoms. The molecule has 1 fully saturated rings. The van der Waals surface area contributed by atoms with E-state index in [4.69, 9.17) is 4.74 Å². The number of ether oxygens (including phenoxy) is 1. The van der Waals surface area contributed by atoms with Crippen molar-refractivity contribution in [1.29, 1.82) is 0 Å². The van der Waals surface area contributed by atoms with E-state index in [9.17, 15) is 19.8 Å². The van der Waals surface area contributed by atoms with Crippen LogP contribution in [-0.2, 0) is 16.1 Å². The summed E-state index contributed by atoms with van der Waals surface area (Å²) in [5, 5.41) is 20.1. The highest BCUT2D eigenvalue weighted by molar-refractivity contribution is 5.85. The van der Waals surface area contributed by atoms with Crippen LogP contribution < -0.4 is 9.64 Å². The van der Waals surface area contributed by atoms with E-state index in [2.05, 4.69) is 0 Å². The molecule has 0 aliphatic carbocycles. The van der Waals surface area contributed by atoms with Gasteiger partial charge in [-0.3, -0.25) is 9.69 Å². The summed E-state index contributed by atoms with van der Waals surface area (Å²) in [7, 11) is 0. The summed E-state index contributed by atoms with van der Waals surface area (Å²) >= 11 is 0. The van der Waals surface area contributed by atoms with Crippen molar-refractivity contribution in [1.82, 2.24) is 4.90 Å². The maximum absolute atomic E-state index is 12.6. The Labute approximate surface area is 176 Å². The number of hydrogen-bond acceptors (Lipinski definition) is 5. The Balaban J connectivity index is 1.80. The normalized spacial score (nSPS) is 16.9. The lowest BCUT2D eigenvalue weighted by atomic mass is 10.0. The average Bonchev–Trinajstić information content (AvgIpc) is 2.93. The van der Waals surface area contributed by atoms with Gasteiger partial charge >= 0.3 is 5.97 Å². The molecule has 7 nitrogen and oxygen atoms in total. The Hall–Kier alpha value is -3.06. The molecule has 3 rings (SSSR count). The first-order valence-corrected chi connectivity index (χ1v) is 9.83. The van der Waals surface area contributed by atoms with E-state index in [0.717, 1.165) is 27.9 Å². The summed E-state index contributed by atoms with van der Waals surface area (Å²) < 4.78 is 5.74. The molecule has 0 bridgehead atoms. The number of carbonyl (C=O) groups is 2. The monoisotopic (exact) mass is 412 g/mol. The number of nitrogens with zero attached hydrogens (tertiary/aromatic N) is 2. The predicted octanol–water partition coefficient (Wildman–Crippen LogP) is 2.98. The van der Waals surface area contributed by atoms with Crippen LogP contribution in [0.25, 0.3) is 0 Å². The first-order chi connectivity index (χ1) is 14.0. The molecule has 1 saturated heterocycles. The van der Waals surface area contributed by atoms with Gasteiger partial charge in [-0.15, -0.1) is 0 Å². The van der Waals surface area contributed by atoms with Crippen LogP contribution in [0.15, 0.2) is 36.4 Å². The minimum Gasteiger partial charge on any atom is -0.478 e. The van der Waals surface area contributed by atoms with Crippen molar-refractivity contribution in [3.05, 3.63) is 58.7 Å². The smallest absolute Gasteiger partial charge is 0.347 e. The maximum Gasteiger partial charge on any atom is 0.347 e. The van der Waals surface area contributed by atoms with Crippen molar-refractivity contribution in [3.63, 3.8) is 0 Å². The van der Waals surface area contributed by atoms with Gasteiger partial charge in [0.25, 0.3) is 0 Å². The van der Waals surface area contributed by atoms with Crippen molar-refractivity contribution in [3.8, 4) is 5.75 Å². The molecule has 1 unspecified atom stereocenters. The molecule has 160 valence electrons. The van der Waals surface area contributed by atoms with Crippen molar-refractivity contribution in [2.45, 2.75) is 53.1 Å². The van der Waals surface area contributed by atoms with Gasteiger partial charge in [-0.2, -0.15) is 0 Å². The summed E-state index contributed by atoms with van der Waals surface area (Å²) in [6.45, 7) is 9.01. The van der Waals surface area contributed by atoms with Crippen LogP contribution in [0.4, 0.5) is 5.69 Å². The minimum absolute atomic E-state index is 0.107. The first-order valence-electron chi connectivity index (χ1n) is 9.83. The third kappa shape index (κ3) is 4.26. The van der Waals surface area contributed by atoms with Crippen molar-refractivity contribution < 1.29 is 24.5 Å². The standard InChI is InChI=1S/C23H28N2O5/c1-14-6-8-18(9-7-14)24-13-19(26)25(22(24)29)12-17-10-15(2)20(16(3)11-17)30-23(4,5)21(27)28/h6-11,22,29H,12-13H2,1-5H3,(H,27,28). The highest BCUT2D eigenvalue weighted by Crippen LogP contribution is 2.31. The van der Waals surface area contributed by atoms with E-state index in [0.29, 0.717) is 5.75 Å². The summed E-state index contributed by atoms with van der Waals surface area (Å²) in [5.41, 5.74) is 2.92. The van der Waals surface area contributed by atoms with Gasteiger partial charge in [0.05, 0.1) is 6.54 Å². The molecule has 2 aromatic rings. The van der Waals surface area contributed by atoms with Crippen molar-refractivity contribution >= 4 is 17.6 Å². The van der Waals surface area contributed by atoms with Gasteiger partial charge in [0.1, 0.15) is 12.3 Å². The number of rotatable bonds is 6. The molecule has 1 atom stereocenters. The SMILES string of the molecule is Cc1ccc(N2CC(=O)N(Cc3cc(C)c(OC(C)(C)C(=O)O)c(C)c3)C2O)cc1. The number of carboxylic acid groups (broad SMARTS) is 1. The van der Waals surface area contributed by atoms with Gasteiger partial charge in [0, 0.05) is 5.69 Å². The van der Waals surface area contributed by atoms with Gasteiger partial charge in [-0.05, 0) is 63.4 Å². The number of aryl methyl sites for hydroxylation is 3. The molecule has 1 aliphatic heterocycles. The second kappa shape index (κ2) is 7.99. The summed E-state index contributed by atoms with van der Waals surface area (Å²) in [6, 6.07) is 11.4. The Morgan fingerprint density at radius 3 is 2.23 bits per heavy atom. The molecule has 0 saturated carbocycles. The molecular formula is C23H28N2O5. The summed E-state index contributed by atoms with van der Waals surface area (Å²) in [4.78, 5) is 27.0. The van der Waals surface area contributed by atoms with Crippen LogP contribution in [0.3, 0.4) is 0 Å². The average molecular weight is 412 g/mol. The highest BCUT2D eigenvalue weighted by atomic mass is 16.5. The van der Waals surface area contributed by atoms with E-state index < -0.39 is 17.9 Å². The molecule has 30 heavy (non-hydrogen) atoms. The third-order valence-corrected chi connectivity index (χ3v) is 5.29. The number of aliphatic hydroxyl groups is 1. The molecule has 1 heterocycles. The number of aliphatic hydroxyl groups excluding tert-OH is 1. The number of carboxylic acids is 1. The maximum atomic E-state index is 12.6. The second-order valence-electron chi connectivity index (χ2n) is 8.31. The Bertz CT molecular complexity index is 945. The number of aliphatic carboxylic acids is 1. The van der Waals surface area contributed by atoms with Crippen LogP contribution >= 0.6 is 0 Å². The molecule has 1 amide bonds. The molecular weight excluding hydrogens is 384 g/mol. The lowest BCUT2D eigenvalue weighted by Crippen LogP contribution is -2.39. The second-order valence-corrected chi connectivity index (χ2v) is 8.31. The van der Waals surface area contributed by atoms with E-state index in [1.54, 1.807) is 4.90 Å². The Morgan fingerprint density at radius 2 is 1.70 bits per heavy atom. The predicted molar refractivity (Wildman–Crippen MR) is 113 cm³/mol. The minimum atomic E-state index is -1.35. The zero-order chi connectivity index (χ0) is 22.2. The van der Waals surface area contributed by atoms with Crippen LogP contribution in [0.5, 0.6) is 5.75 Å². The van der Waals surface area contributed by atoms with E-state index in [-0.39, 0.29) is 19.0 Å². The zero-order valence-corrected chi connectivity index (χ0v) is 18.0. The lowest BCUT2D eigenvalue weighted by Gasteiger charge is -2.27. The molecule has 2 N–H and O–H groups in total. The van der Waals surface area contributed by atoms with Crippen LogP contribution in [0, 0.1) is 20.8 Å². The van der Waals surface area contributed by atoms with Crippen LogP contribution in [0.2, 0.25) is 0 Å². The number of amides is 1. The van der Waals surface area contributed by atoms with Crippen LogP contribution in [0.1, 0.15) is 36.1 Å². The fraction of sp³-hybridized carbons (Fsp3) is 0.391. The van der Waals surface area contributed by atoms with Gasteiger partial charge in [0.2, 0.25) is 12.3 Å². The van der Waals surface area contributed by atoms with Gasteiger partial charge in [-0.1, -0.05) is 29.8 Å². The Morgan fingerprint density at radius 1 is 1.13 bits per heavy atom. The van der Waals surface area contributed by atoms with Crippen LogP contribution in [-0.4, -0.2) is 45.5 Å². The highest BCUT2D eigenvalue weighted by Gasteiger charge is 2.37. The molecule has 1 aliphatic rings. The van der Waals surface area contributed by atoms with E-state index in [1.807, 2.05) is 57.2 Å². The van der Waals surface area contributed by atoms with Crippen molar-refractivity contribution in [2.24, 2.45) is 0 Å². The molecule has 0 aromatic heterocycles. The largest absolute Gasteiger partial charge is 0.478 e. The van der Waals surface area contributed by atoms with Gasteiger partial charge in [0.15, 0.2) is 5.60 Å². The van der Waals surface area contributed by atoms with Gasteiger partial charge in [-0.25, -0.2) is 4.79 Å². The van der Waals surface area contributed by atoms with Crippen molar-refractivity contribution in [2.75, 3.05) is 11.4 Å². The Kier molecular flexibility index (Phi) is 5.76. The zero-order valence-electron chi connectivity index (χ0n) is 18.0. The fourth-order valence-electron chi connectivity index (χ4n) is 3.53. The summed E-state index contributed by atoms with van der Waals surface area (Å²) in [6.07, 6.45) is -1.05. The molecule has 0 radical (unpaired) electrons. The van der Waals surface area contributed by atoms with E-state index >= 15 is 0 Å². The number of hydrogen-bond donors (Lipinski definition) is 2. The topological polar surface area (TPSA) is 90.3 Å². The first kappa shape index (κ1) is 21.6.